The molecule has 1 aliphatic rings. The molecule has 1 atom stereocenters. The minimum Gasteiger partial charge on any atom is -0.495 e. The van der Waals surface area contributed by atoms with Gasteiger partial charge in [-0.25, -0.2) is 13.1 Å². The molecule has 1 N–H and O–H groups in total. The van der Waals surface area contributed by atoms with Crippen molar-refractivity contribution in [3.63, 3.8) is 0 Å². The third kappa shape index (κ3) is 3.28. The van der Waals surface area contributed by atoms with Gasteiger partial charge in [-0.1, -0.05) is 15.9 Å². The Morgan fingerprint density at radius 1 is 1.47 bits per heavy atom. The summed E-state index contributed by atoms with van der Waals surface area (Å²) in [4.78, 5) is 0.123. The highest BCUT2D eigenvalue weighted by molar-refractivity contribution is 9.10. The molecule has 1 saturated heterocycles. The van der Waals surface area contributed by atoms with Crippen LogP contribution in [0, 0.1) is 0 Å². The van der Waals surface area contributed by atoms with Crippen molar-refractivity contribution in [2.45, 2.75) is 23.8 Å². The Morgan fingerprint density at radius 3 is 2.79 bits per heavy atom. The summed E-state index contributed by atoms with van der Waals surface area (Å²) in [5, 5.41) is 0. The molecule has 5 nitrogen and oxygen atoms in total. The smallest absolute Gasteiger partial charge is 0.244 e. The fourth-order valence-corrected chi connectivity index (χ4v) is 4.12. The van der Waals surface area contributed by atoms with E-state index >= 15 is 0 Å². The maximum atomic E-state index is 12.5. The van der Waals surface area contributed by atoms with E-state index in [1.54, 1.807) is 12.1 Å². The number of hydrogen-bond donors (Lipinski definition) is 1. The maximum absolute atomic E-state index is 12.5. The van der Waals surface area contributed by atoms with Crippen molar-refractivity contribution >= 4 is 26.0 Å². The summed E-state index contributed by atoms with van der Waals surface area (Å²) in [6.07, 6.45) is 0.655. The number of hydrogen-bond acceptors (Lipinski definition) is 4. The summed E-state index contributed by atoms with van der Waals surface area (Å²) in [5.74, 6) is 0.318. The van der Waals surface area contributed by atoms with Crippen molar-refractivity contribution < 1.29 is 17.9 Å². The van der Waals surface area contributed by atoms with E-state index in [2.05, 4.69) is 20.7 Å². The Kier molecular flexibility index (Phi) is 4.20. The molecule has 0 amide bonds. The second-order valence-electron chi connectivity index (χ2n) is 4.76. The minimum atomic E-state index is -3.65. The van der Waals surface area contributed by atoms with E-state index in [4.69, 9.17) is 9.47 Å². The van der Waals surface area contributed by atoms with Gasteiger partial charge in [-0.3, -0.25) is 0 Å². The van der Waals surface area contributed by atoms with Gasteiger partial charge in [0.15, 0.2) is 0 Å². The zero-order valence-corrected chi connectivity index (χ0v) is 13.2. The van der Waals surface area contributed by atoms with Crippen LogP contribution in [0.1, 0.15) is 13.3 Å². The quantitative estimate of drug-likeness (QED) is 0.901. The standard InChI is InChI=1S/C12H16BrNO4S/c1-12(5-6-18-8-12)14-19(15,16)11-7-9(13)3-4-10(11)17-2/h3-4,7,14H,5-6,8H2,1-2H3. The molecule has 1 aromatic carbocycles. The van der Waals surface area contributed by atoms with E-state index in [1.165, 1.54) is 13.2 Å². The van der Waals surface area contributed by atoms with Crippen LogP contribution in [0.4, 0.5) is 0 Å². The van der Waals surface area contributed by atoms with E-state index in [0.29, 0.717) is 29.9 Å². The number of rotatable bonds is 4. The molecule has 0 bridgehead atoms. The highest BCUT2D eigenvalue weighted by Gasteiger charge is 2.35. The molecule has 2 rings (SSSR count). The molecule has 7 heteroatoms. The van der Waals surface area contributed by atoms with Crippen LogP contribution in [0.3, 0.4) is 0 Å². The van der Waals surface area contributed by atoms with Crippen molar-refractivity contribution in [2.75, 3.05) is 20.3 Å². The molecule has 1 aliphatic heterocycles. The van der Waals surface area contributed by atoms with Crippen molar-refractivity contribution in [1.82, 2.24) is 4.72 Å². The molecular weight excluding hydrogens is 334 g/mol. The Bertz CT molecular complexity index is 567. The highest BCUT2D eigenvalue weighted by atomic mass is 79.9. The second-order valence-corrected chi connectivity index (χ2v) is 7.33. The molecule has 1 aromatic rings. The fourth-order valence-electron chi connectivity index (χ4n) is 1.99. The normalized spacial score (nSPS) is 23.5. The molecule has 1 fully saturated rings. The maximum Gasteiger partial charge on any atom is 0.244 e. The molecule has 0 radical (unpaired) electrons. The van der Waals surface area contributed by atoms with Gasteiger partial charge in [0.25, 0.3) is 0 Å². The molecule has 0 aromatic heterocycles. The van der Waals surface area contributed by atoms with Gasteiger partial charge in [-0.05, 0) is 31.5 Å². The van der Waals surface area contributed by atoms with Crippen molar-refractivity contribution in [1.29, 1.82) is 0 Å². The molecule has 19 heavy (non-hydrogen) atoms. The number of benzene rings is 1. The molecule has 0 saturated carbocycles. The molecular formula is C12H16BrNO4S. The van der Waals surface area contributed by atoms with Gasteiger partial charge in [0.05, 0.1) is 19.3 Å². The Balaban J connectivity index is 2.36. The predicted molar refractivity (Wildman–Crippen MR) is 74.9 cm³/mol. The summed E-state index contributed by atoms with van der Waals surface area (Å²) in [5.41, 5.74) is -0.563. The van der Waals surface area contributed by atoms with Crippen molar-refractivity contribution in [3.8, 4) is 5.75 Å². The van der Waals surface area contributed by atoms with Gasteiger partial charge in [0.1, 0.15) is 10.6 Å². The van der Waals surface area contributed by atoms with Crippen LogP contribution in [-0.2, 0) is 14.8 Å². The second kappa shape index (κ2) is 5.40. The molecule has 1 unspecified atom stereocenters. The number of halogens is 1. The van der Waals surface area contributed by atoms with Crippen LogP contribution < -0.4 is 9.46 Å². The Hall–Kier alpha value is -0.630. The van der Waals surface area contributed by atoms with Crippen molar-refractivity contribution in [2.24, 2.45) is 0 Å². The van der Waals surface area contributed by atoms with Crippen LogP contribution in [0.25, 0.3) is 0 Å². The third-order valence-electron chi connectivity index (χ3n) is 3.01. The fraction of sp³-hybridized carbons (Fsp3) is 0.500. The van der Waals surface area contributed by atoms with Gasteiger partial charge in [0, 0.05) is 11.1 Å². The summed E-state index contributed by atoms with van der Waals surface area (Å²) >= 11 is 3.27. The number of ether oxygens (including phenoxy) is 2. The summed E-state index contributed by atoms with van der Waals surface area (Å²) < 4.78 is 38.7. The van der Waals surface area contributed by atoms with Gasteiger partial charge in [-0.2, -0.15) is 0 Å². The van der Waals surface area contributed by atoms with E-state index in [9.17, 15) is 8.42 Å². The van der Waals surface area contributed by atoms with Crippen LogP contribution in [-0.4, -0.2) is 34.3 Å². The Labute approximate surface area is 121 Å². The average molecular weight is 350 g/mol. The lowest BCUT2D eigenvalue weighted by molar-refractivity contribution is 0.178. The first-order chi connectivity index (χ1) is 8.86. The zero-order chi connectivity index (χ0) is 14.1. The lowest BCUT2D eigenvalue weighted by Crippen LogP contribution is -2.46. The molecule has 1 heterocycles. The number of methoxy groups -OCH3 is 1. The predicted octanol–water partition coefficient (Wildman–Crippen LogP) is 1.91. The number of sulfonamides is 1. The molecule has 0 spiro atoms. The summed E-state index contributed by atoms with van der Waals surface area (Å²) in [7, 11) is -2.21. The van der Waals surface area contributed by atoms with Crippen LogP contribution in [0.15, 0.2) is 27.6 Å². The zero-order valence-electron chi connectivity index (χ0n) is 10.8. The first-order valence-electron chi connectivity index (χ1n) is 5.82. The first-order valence-corrected chi connectivity index (χ1v) is 8.09. The third-order valence-corrected chi connectivity index (χ3v) is 5.17. The van der Waals surface area contributed by atoms with Crippen LogP contribution in [0.2, 0.25) is 0 Å². The van der Waals surface area contributed by atoms with Gasteiger partial charge < -0.3 is 9.47 Å². The monoisotopic (exact) mass is 349 g/mol. The molecule has 0 aliphatic carbocycles. The largest absolute Gasteiger partial charge is 0.495 e. The number of nitrogens with one attached hydrogen (secondary N) is 1. The minimum absolute atomic E-state index is 0.123. The van der Waals surface area contributed by atoms with Gasteiger partial charge in [-0.15, -0.1) is 0 Å². The lowest BCUT2D eigenvalue weighted by atomic mass is 10.0. The van der Waals surface area contributed by atoms with E-state index in [0.717, 1.165) is 0 Å². The van der Waals surface area contributed by atoms with Gasteiger partial charge in [0.2, 0.25) is 10.0 Å². The highest BCUT2D eigenvalue weighted by Crippen LogP contribution is 2.29. The van der Waals surface area contributed by atoms with Crippen LogP contribution in [0.5, 0.6) is 5.75 Å². The topological polar surface area (TPSA) is 64.6 Å². The SMILES string of the molecule is COc1ccc(Br)cc1S(=O)(=O)NC1(C)CCOC1. The van der Waals surface area contributed by atoms with Crippen LogP contribution >= 0.6 is 15.9 Å². The van der Waals surface area contributed by atoms with Gasteiger partial charge >= 0.3 is 0 Å². The van der Waals surface area contributed by atoms with Crippen molar-refractivity contribution in [3.05, 3.63) is 22.7 Å². The average Bonchev–Trinajstić information content (AvgIpc) is 2.74. The Morgan fingerprint density at radius 2 is 2.21 bits per heavy atom. The summed E-state index contributed by atoms with van der Waals surface area (Å²) in [6.45, 7) is 2.78. The first kappa shape index (κ1) is 14.8. The van der Waals surface area contributed by atoms with E-state index < -0.39 is 15.6 Å². The molecule has 106 valence electrons. The van der Waals surface area contributed by atoms with E-state index in [-0.39, 0.29) is 4.90 Å². The lowest BCUT2D eigenvalue weighted by Gasteiger charge is -2.23. The van der Waals surface area contributed by atoms with E-state index in [1.807, 2.05) is 6.92 Å². The summed E-state index contributed by atoms with van der Waals surface area (Å²) in [6, 6.07) is 4.88.